The minimum absolute atomic E-state index is 0.0877. The number of aromatic nitrogens is 4. The molecule has 3 rings (SSSR count). The summed E-state index contributed by atoms with van der Waals surface area (Å²) in [6.45, 7) is 6.61. The Kier molecular flexibility index (Phi) is 6.48. The van der Waals surface area contributed by atoms with Crippen LogP contribution in [-0.2, 0) is 27.4 Å². The van der Waals surface area contributed by atoms with Crippen LogP contribution in [0.4, 0.5) is 18.9 Å². The van der Waals surface area contributed by atoms with Crippen LogP contribution in [-0.4, -0.2) is 51.3 Å². The zero-order valence-corrected chi connectivity index (χ0v) is 19.4. The van der Waals surface area contributed by atoms with Crippen LogP contribution in [0.15, 0.2) is 29.2 Å². The van der Waals surface area contributed by atoms with Gasteiger partial charge >= 0.3 is 6.18 Å². The van der Waals surface area contributed by atoms with Gasteiger partial charge < -0.3 is 5.32 Å². The highest BCUT2D eigenvalue weighted by Crippen LogP contribution is 2.27. The Hall–Kier alpha value is -3.06. The fourth-order valence-electron chi connectivity index (χ4n) is 3.10. The molecular formula is C20H23F3N6O3S. The lowest BCUT2D eigenvalue weighted by Gasteiger charge is -2.21. The summed E-state index contributed by atoms with van der Waals surface area (Å²) in [6.07, 6.45) is -4.88. The average Bonchev–Trinajstić information content (AvgIpc) is 3.15. The average molecular weight is 485 g/mol. The normalized spacial score (nSPS) is 12.7. The molecular weight excluding hydrogens is 461 g/mol. The first kappa shape index (κ1) is 24.6. The van der Waals surface area contributed by atoms with Crippen LogP contribution < -0.4 is 5.32 Å². The largest absolute Gasteiger partial charge is 0.453 e. The van der Waals surface area contributed by atoms with Gasteiger partial charge in [-0.1, -0.05) is 0 Å². The Balaban J connectivity index is 1.80. The lowest BCUT2D eigenvalue weighted by molar-refractivity contribution is -0.144. The number of sulfonamides is 1. The van der Waals surface area contributed by atoms with E-state index in [4.69, 9.17) is 0 Å². The van der Waals surface area contributed by atoms with E-state index in [2.05, 4.69) is 20.4 Å². The smallest absolute Gasteiger partial charge is 0.326 e. The van der Waals surface area contributed by atoms with E-state index in [9.17, 15) is 26.4 Å². The van der Waals surface area contributed by atoms with Gasteiger partial charge in [-0.25, -0.2) is 17.9 Å². The van der Waals surface area contributed by atoms with Gasteiger partial charge in [0.1, 0.15) is 0 Å². The summed E-state index contributed by atoms with van der Waals surface area (Å²) >= 11 is 0. The maximum absolute atomic E-state index is 12.9. The van der Waals surface area contributed by atoms with Crippen molar-refractivity contribution in [2.24, 2.45) is 0 Å². The molecule has 0 spiro atoms. The molecule has 0 bridgehead atoms. The predicted octanol–water partition coefficient (Wildman–Crippen LogP) is 2.97. The summed E-state index contributed by atoms with van der Waals surface area (Å²) in [5.74, 6) is -1.96. The van der Waals surface area contributed by atoms with E-state index in [0.29, 0.717) is 22.6 Å². The highest BCUT2D eigenvalue weighted by atomic mass is 32.2. The molecule has 0 aliphatic carbocycles. The summed E-state index contributed by atoms with van der Waals surface area (Å²) in [5.41, 5.74) is 1.45. The zero-order valence-electron chi connectivity index (χ0n) is 18.6. The number of rotatable bonds is 6. The highest BCUT2D eigenvalue weighted by Gasteiger charge is 2.37. The van der Waals surface area contributed by atoms with Crippen molar-refractivity contribution in [3.05, 3.63) is 47.0 Å². The van der Waals surface area contributed by atoms with Gasteiger partial charge in [-0.2, -0.15) is 22.5 Å². The third-order valence-electron chi connectivity index (χ3n) is 5.18. The first-order chi connectivity index (χ1) is 15.2. The molecule has 1 amide bonds. The summed E-state index contributed by atoms with van der Waals surface area (Å²) in [6, 6.07) is 5.49. The van der Waals surface area contributed by atoms with Crippen molar-refractivity contribution < 1.29 is 26.4 Å². The summed E-state index contributed by atoms with van der Waals surface area (Å²) in [7, 11) is -2.17. The topological polar surface area (TPSA) is 110 Å². The number of aryl methyl sites for hydroxylation is 2. The molecule has 2 heterocycles. The maximum atomic E-state index is 12.9. The van der Waals surface area contributed by atoms with Crippen molar-refractivity contribution in [1.29, 1.82) is 0 Å². The number of alkyl halides is 3. The lowest BCUT2D eigenvalue weighted by atomic mass is 10.1. The minimum atomic E-state index is -4.71. The second-order valence-electron chi connectivity index (χ2n) is 7.77. The molecule has 0 saturated carbocycles. The Bertz CT molecular complexity index is 1300. The monoisotopic (exact) mass is 484 g/mol. The number of anilines is 1. The van der Waals surface area contributed by atoms with Gasteiger partial charge in [-0.15, -0.1) is 5.10 Å². The summed E-state index contributed by atoms with van der Waals surface area (Å²) in [4.78, 5) is 20.1. The minimum Gasteiger partial charge on any atom is -0.326 e. The molecule has 0 fully saturated rings. The van der Waals surface area contributed by atoms with Gasteiger partial charge in [0.25, 0.3) is 11.6 Å². The van der Waals surface area contributed by atoms with Crippen molar-refractivity contribution in [3.8, 4) is 0 Å². The number of halogens is 3. The maximum Gasteiger partial charge on any atom is 0.453 e. The molecule has 1 aromatic carbocycles. The molecule has 0 saturated heterocycles. The van der Waals surface area contributed by atoms with Crippen molar-refractivity contribution in [3.63, 3.8) is 0 Å². The van der Waals surface area contributed by atoms with Gasteiger partial charge in [0.2, 0.25) is 15.9 Å². The Morgan fingerprint density at radius 1 is 1.15 bits per heavy atom. The SMILES string of the molecule is Cc1nc2nc(C(F)(F)F)nn2c(C)c1CC(=O)Nc1ccc(S(=O)(=O)N(C)C(C)C)cc1. The fraction of sp³-hybridized carbons (Fsp3) is 0.400. The number of hydrogen-bond acceptors (Lipinski definition) is 6. The number of fused-ring (bicyclic) bond motifs is 1. The number of amides is 1. The second kappa shape index (κ2) is 8.71. The number of carbonyl (C=O) groups is 1. The van der Waals surface area contributed by atoms with Crippen LogP contribution in [0.2, 0.25) is 0 Å². The summed E-state index contributed by atoms with van der Waals surface area (Å²) < 4.78 is 66.1. The quantitative estimate of drug-likeness (QED) is 0.576. The molecule has 0 unspecified atom stereocenters. The molecule has 2 aromatic heterocycles. The summed E-state index contributed by atoms with van der Waals surface area (Å²) in [5, 5.41) is 6.11. The molecule has 9 nitrogen and oxygen atoms in total. The van der Waals surface area contributed by atoms with Crippen molar-refractivity contribution in [2.75, 3.05) is 12.4 Å². The first-order valence-electron chi connectivity index (χ1n) is 9.89. The third kappa shape index (κ3) is 4.98. The van der Waals surface area contributed by atoms with Crippen LogP contribution in [0.25, 0.3) is 5.78 Å². The van der Waals surface area contributed by atoms with Crippen molar-refractivity contribution in [2.45, 2.75) is 51.2 Å². The van der Waals surface area contributed by atoms with E-state index in [1.54, 1.807) is 20.8 Å². The van der Waals surface area contributed by atoms with E-state index >= 15 is 0 Å². The first-order valence-corrected chi connectivity index (χ1v) is 11.3. The molecule has 0 radical (unpaired) electrons. The van der Waals surface area contributed by atoms with Gasteiger partial charge in [-0.05, 0) is 52.0 Å². The highest BCUT2D eigenvalue weighted by molar-refractivity contribution is 7.89. The zero-order chi connectivity index (χ0) is 24.7. The molecule has 3 aromatic rings. The van der Waals surface area contributed by atoms with Crippen LogP contribution in [0.3, 0.4) is 0 Å². The predicted molar refractivity (Wildman–Crippen MR) is 114 cm³/mol. The molecule has 1 N–H and O–H groups in total. The van der Waals surface area contributed by atoms with E-state index in [-0.39, 0.29) is 23.1 Å². The standard InChI is InChI=1S/C20H23F3N6O3S/c1-11(2)28(5)33(31,32)15-8-6-14(7-9-15)25-17(30)10-16-12(3)24-19-26-18(20(21,22)23)27-29(19)13(16)4/h6-9,11H,10H2,1-5H3,(H,25,30). The number of nitrogens with zero attached hydrogens (tertiary/aromatic N) is 5. The molecule has 13 heteroatoms. The van der Waals surface area contributed by atoms with E-state index in [1.165, 1.54) is 42.5 Å². The lowest BCUT2D eigenvalue weighted by Crippen LogP contribution is -2.33. The van der Waals surface area contributed by atoms with E-state index in [1.807, 2.05) is 0 Å². The Labute approximate surface area is 188 Å². The number of carbonyl (C=O) groups excluding carboxylic acids is 1. The van der Waals surface area contributed by atoms with Gasteiger partial charge in [0, 0.05) is 35.7 Å². The van der Waals surface area contributed by atoms with Crippen LogP contribution in [0.1, 0.15) is 36.6 Å². The molecule has 0 aliphatic rings. The Morgan fingerprint density at radius 2 is 1.76 bits per heavy atom. The van der Waals surface area contributed by atoms with E-state index in [0.717, 1.165) is 4.52 Å². The fourth-order valence-corrected chi connectivity index (χ4v) is 4.47. The van der Waals surface area contributed by atoms with Crippen LogP contribution >= 0.6 is 0 Å². The molecule has 33 heavy (non-hydrogen) atoms. The van der Waals surface area contributed by atoms with Crippen LogP contribution in [0.5, 0.6) is 0 Å². The van der Waals surface area contributed by atoms with Crippen molar-refractivity contribution >= 4 is 27.4 Å². The number of hydrogen-bond donors (Lipinski definition) is 1. The van der Waals surface area contributed by atoms with Gasteiger partial charge in [0.05, 0.1) is 11.3 Å². The van der Waals surface area contributed by atoms with E-state index < -0.39 is 27.9 Å². The molecule has 178 valence electrons. The Morgan fingerprint density at radius 3 is 2.30 bits per heavy atom. The number of benzene rings is 1. The second-order valence-corrected chi connectivity index (χ2v) is 9.77. The molecule has 0 atom stereocenters. The third-order valence-corrected chi connectivity index (χ3v) is 7.23. The molecule has 0 aliphatic heterocycles. The number of nitrogens with one attached hydrogen (secondary N) is 1. The van der Waals surface area contributed by atoms with Crippen LogP contribution in [0, 0.1) is 13.8 Å². The van der Waals surface area contributed by atoms with Crippen molar-refractivity contribution in [1.82, 2.24) is 23.9 Å². The van der Waals surface area contributed by atoms with Gasteiger partial charge in [-0.3, -0.25) is 4.79 Å². The van der Waals surface area contributed by atoms with Gasteiger partial charge in [0.15, 0.2) is 0 Å².